The van der Waals surface area contributed by atoms with E-state index in [-0.39, 0.29) is 17.1 Å². The Morgan fingerprint density at radius 1 is 1.24 bits per heavy atom. The molecule has 0 saturated carbocycles. The van der Waals surface area contributed by atoms with Gasteiger partial charge >= 0.3 is 0 Å². The number of rotatable bonds is 7. The number of thiophene rings is 1. The van der Waals surface area contributed by atoms with E-state index in [0.717, 1.165) is 16.7 Å². The van der Waals surface area contributed by atoms with Gasteiger partial charge in [-0.2, -0.15) is 0 Å². The molecule has 0 aliphatic carbocycles. The molecule has 2 heterocycles. The van der Waals surface area contributed by atoms with E-state index in [1.54, 1.807) is 28.8 Å². The van der Waals surface area contributed by atoms with E-state index in [9.17, 15) is 18.0 Å². The van der Waals surface area contributed by atoms with Crippen molar-refractivity contribution in [1.82, 2.24) is 9.55 Å². The lowest BCUT2D eigenvalue weighted by atomic mass is 10.1. The van der Waals surface area contributed by atoms with Gasteiger partial charge in [0.25, 0.3) is 5.56 Å². The third-order valence-corrected chi connectivity index (χ3v) is 7.10. The van der Waals surface area contributed by atoms with Gasteiger partial charge in [0.15, 0.2) is 10.9 Å². The number of hydrogen-bond donors (Lipinski definition) is 1. The van der Waals surface area contributed by atoms with Crippen LogP contribution < -0.4 is 10.3 Å². The van der Waals surface area contributed by atoms with Crippen LogP contribution in [0.3, 0.4) is 0 Å². The molecule has 0 bridgehead atoms. The number of carbonyl (C=O) groups is 1. The summed E-state index contributed by atoms with van der Waals surface area (Å²) >= 11 is 2.71. The minimum atomic E-state index is -3.37. The van der Waals surface area contributed by atoms with Crippen LogP contribution >= 0.6 is 23.1 Å². The maximum atomic E-state index is 12.9. The molecule has 29 heavy (non-hydrogen) atoms. The summed E-state index contributed by atoms with van der Waals surface area (Å²) in [6, 6.07) is 6.24. The van der Waals surface area contributed by atoms with Crippen molar-refractivity contribution in [2.75, 3.05) is 16.7 Å². The zero-order valence-corrected chi connectivity index (χ0v) is 18.9. The Morgan fingerprint density at radius 2 is 1.90 bits per heavy atom. The van der Waals surface area contributed by atoms with Gasteiger partial charge in [0.05, 0.1) is 17.4 Å². The van der Waals surface area contributed by atoms with Crippen molar-refractivity contribution in [2.45, 2.75) is 32.5 Å². The Kier molecular flexibility index (Phi) is 6.16. The number of thioether (sulfide) groups is 1. The summed E-state index contributed by atoms with van der Waals surface area (Å²) in [6.45, 7) is 6.24. The Morgan fingerprint density at radius 3 is 2.48 bits per heavy atom. The number of nitrogens with one attached hydrogen (secondary N) is 1. The van der Waals surface area contributed by atoms with Gasteiger partial charge in [0.2, 0.25) is 10.0 Å². The summed E-state index contributed by atoms with van der Waals surface area (Å²) in [5.41, 5.74) is 1.74. The van der Waals surface area contributed by atoms with E-state index >= 15 is 0 Å². The van der Waals surface area contributed by atoms with Gasteiger partial charge in [-0.05, 0) is 50.6 Å². The first-order valence-corrected chi connectivity index (χ1v) is 12.5. The van der Waals surface area contributed by atoms with E-state index in [1.165, 1.54) is 23.1 Å². The van der Waals surface area contributed by atoms with Gasteiger partial charge in [-0.1, -0.05) is 11.8 Å². The molecule has 0 aliphatic heterocycles. The summed E-state index contributed by atoms with van der Waals surface area (Å²) in [5, 5.41) is 1.17. The van der Waals surface area contributed by atoms with Crippen LogP contribution in [0.1, 0.15) is 27.7 Å². The number of aryl methyl sites for hydroxylation is 2. The molecule has 0 radical (unpaired) electrons. The van der Waals surface area contributed by atoms with Gasteiger partial charge in [0.1, 0.15) is 4.83 Å². The number of nitrogens with zero attached hydrogens (tertiary/aromatic N) is 2. The molecule has 0 fully saturated rings. The fraction of sp³-hybridized carbons (Fsp3) is 0.316. The smallest absolute Gasteiger partial charge is 0.263 e. The highest BCUT2D eigenvalue weighted by atomic mass is 32.2. The van der Waals surface area contributed by atoms with Crippen LogP contribution in [0.2, 0.25) is 0 Å². The number of aromatic nitrogens is 2. The number of fused-ring (bicyclic) bond motifs is 1. The highest BCUT2D eigenvalue weighted by Crippen LogP contribution is 2.28. The van der Waals surface area contributed by atoms with Gasteiger partial charge in [-0.15, -0.1) is 11.3 Å². The average Bonchev–Trinajstić information content (AvgIpc) is 2.93. The van der Waals surface area contributed by atoms with Crippen molar-refractivity contribution in [1.29, 1.82) is 0 Å². The molecule has 1 N–H and O–H groups in total. The summed E-state index contributed by atoms with van der Waals surface area (Å²) in [6.07, 6.45) is 1.07. The van der Waals surface area contributed by atoms with Crippen LogP contribution in [-0.2, 0) is 16.6 Å². The number of anilines is 1. The van der Waals surface area contributed by atoms with Gasteiger partial charge in [-0.25, -0.2) is 13.4 Å². The maximum Gasteiger partial charge on any atom is 0.263 e. The Labute approximate surface area is 177 Å². The number of sulfonamides is 1. The molecule has 0 atom stereocenters. The minimum Gasteiger partial charge on any atom is -0.293 e. The van der Waals surface area contributed by atoms with Crippen molar-refractivity contribution >= 4 is 54.8 Å². The molecule has 0 aliphatic rings. The zero-order chi connectivity index (χ0) is 21.3. The fourth-order valence-electron chi connectivity index (χ4n) is 2.85. The fourth-order valence-corrected chi connectivity index (χ4v) is 5.44. The number of benzene rings is 1. The second kappa shape index (κ2) is 8.29. The lowest BCUT2D eigenvalue weighted by Crippen LogP contribution is -2.22. The van der Waals surface area contributed by atoms with Crippen LogP contribution in [0.25, 0.3) is 10.2 Å². The van der Waals surface area contributed by atoms with E-state index in [4.69, 9.17) is 0 Å². The quantitative estimate of drug-likeness (QED) is 0.336. The first-order valence-electron chi connectivity index (χ1n) is 8.85. The lowest BCUT2D eigenvalue weighted by molar-refractivity contribution is 0.102. The standard InChI is InChI=1S/C19H21N3O4S3/c1-5-22-18(24)16-11(2)12(3)28-17(16)20-19(22)27-10-15(23)13-6-8-14(9-7-13)21-29(4,25)26/h6-9,21H,5,10H2,1-4H3. The second-order valence-corrected chi connectivity index (χ2v) is 10.5. The van der Waals surface area contributed by atoms with Crippen LogP contribution in [0.5, 0.6) is 0 Å². The topological polar surface area (TPSA) is 98.1 Å². The molecule has 0 spiro atoms. The molecule has 3 rings (SSSR count). The molecule has 154 valence electrons. The van der Waals surface area contributed by atoms with Crippen molar-refractivity contribution in [3.05, 3.63) is 50.6 Å². The molecule has 3 aromatic rings. The van der Waals surface area contributed by atoms with E-state index in [0.29, 0.717) is 33.2 Å². The minimum absolute atomic E-state index is 0.0782. The Hall–Kier alpha value is -2.17. The van der Waals surface area contributed by atoms with E-state index in [2.05, 4.69) is 9.71 Å². The molecule has 10 heteroatoms. The second-order valence-electron chi connectivity index (χ2n) is 6.57. The normalized spacial score (nSPS) is 11.7. The molecule has 1 aromatic carbocycles. The Balaban J connectivity index is 1.81. The van der Waals surface area contributed by atoms with Crippen LogP contribution in [0, 0.1) is 13.8 Å². The molecular weight excluding hydrogens is 430 g/mol. The zero-order valence-electron chi connectivity index (χ0n) is 16.5. The predicted molar refractivity (Wildman–Crippen MR) is 119 cm³/mol. The largest absolute Gasteiger partial charge is 0.293 e. The predicted octanol–water partition coefficient (Wildman–Crippen LogP) is 3.44. The molecule has 7 nitrogen and oxygen atoms in total. The summed E-state index contributed by atoms with van der Waals surface area (Å²) in [4.78, 5) is 31.8. The van der Waals surface area contributed by atoms with Crippen molar-refractivity contribution in [3.8, 4) is 0 Å². The third kappa shape index (κ3) is 4.71. The first kappa shape index (κ1) is 21.5. The number of Topliss-reactive ketones (excluding diaryl/α,β-unsaturated/α-hetero) is 1. The van der Waals surface area contributed by atoms with Gasteiger partial charge < -0.3 is 0 Å². The summed E-state index contributed by atoms with van der Waals surface area (Å²) < 4.78 is 26.5. The van der Waals surface area contributed by atoms with Crippen LogP contribution in [-0.4, -0.2) is 35.8 Å². The first-order chi connectivity index (χ1) is 13.6. The number of ketones is 1. The average molecular weight is 452 g/mol. The molecule has 2 aromatic heterocycles. The molecule has 0 saturated heterocycles. The third-order valence-electron chi connectivity index (χ3n) is 4.41. The molecule has 0 amide bonds. The summed E-state index contributed by atoms with van der Waals surface area (Å²) in [7, 11) is -3.37. The number of hydrogen-bond acceptors (Lipinski definition) is 7. The molecular formula is C19H21N3O4S3. The SMILES string of the molecule is CCn1c(SCC(=O)c2ccc(NS(C)(=O)=O)cc2)nc2sc(C)c(C)c2c1=O. The monoisotopic (exact) mass is 451 g/mol. The lowest BCUT2D eigenvalue weighted by Gasteiger charge is -2.10. The summed E-state index contributed by atoms with van der Waals surface area (Å²) in [5.74, 6) is -0.00315. The highest BCUT2D eigenvalue weighted by Gasteiger charge is 2.17. The molecule has 0 unspecified atom stereocenters. The Bertz CT molecular complexity index is 1240. The van der Waals surface area contributed by atoms with Crippen molar-refractivity contribution in [2.24, 2.45) is 0 Å². The van der Waals surface area contributed by atoms with Gasteiger partial charge in [-0.3, -0.25) is 18.9 Å². The van der Waals surface area contributed by atoms with Crippen LogP contribution in [0.4, 0.5) is 5.69 Å². The van der Waals surface area contributed by atoms with Crippen molar-refractivity contribution in [3.63, 3.8) is 0 Å². The van der Waals surface area contributed by atoms with Crippen molar-refractivity contribution < 1.29 is 13.2 Å². The van der Waals surface area contributed by atoms with E-state index < -0.39 is 10.0 Å². The van der Waals surface area contributed by atoms with Crippen LogP contribution in [0.15, 0.2) is 34.2 Å². The van der Waals surface area contributed by atoms with Gasteiger partial charge in [0, 0.05) is 22.7 Å². The maximum absolute atomic E-state index is 12.9. The highest BCUT2D eigenvalue weighted by molar-refractivity contribution is 7.99. The number of carbonyl (C=O) groups excluding carboxylic acids is 1. The van der Waals surface area contributed by atoms with E-state index in [1.807, 2.05) is 20.8 Å².